The predicted molar refractivity (Wildman–Crippen MR) is 144 cm³/mol. The maximum absolute atomic E-state index is 13.6. The Morgan fingerprint density at radius 3 is 2.49 bits per heavy atom. The summed E-state index contributed by atoms with van der Waals surface area (Å²) in [6, 6.07) is 11.2. The van der Waals surface area contributed by atoms with Gasteiger partial charge in [0.1, 0.15) is 30.5 Å². The van der Waals surface area contributed by atoms with Crippen LogP contribution in [0.3, 0.4) is 0 Å². The maximum Gasteiger partial charge on any atom is 0.506 e. The van der Waals surface area contributed by atoms with E-state index in [-0.39, 0.29) is 24.9 Å². The van der Waals surface area contributed by atoms with Crippen LogP contribution in [-0.2, 0) is 20.8 Å². The fraction of sp³-hybridized carbons (Fsp3) is 0.276. The van der Waals surface area contributed by atoms with E-state index in [0.29, 0.717) is 41.8 Å². The molecule has 10 heteroatoms. The first-order valence-corrected chi connectivity index (χ1v) is 12.7. The Morgan fingerprint density at radius 1 is 1.00 bits per heavy atom. The maximum atomic E-state index is 13.6. The van der Waals surface area contributed by atoms with Crippen molar-refractivity contribution in [1.29, 1.82) is 0 Å². The van der Waals surface area contributed by atoms with Gasteiger partial charge >= 0.3 is 11.9 Å². The van der Waals surface area contributed by atoms with Crippen LogP contribution in [0, 0.1) is 5.92 Å². The molecule has 2 aliphatic heterocycles. The highest BCUT2D eigenvalue weighted by Gasteiger charge is 2.48. The Bertz CT molecular complexity index is 1420. The van der Waals surface area contributed by atoms with Gasteiger partial charge in [-0.05, 0) is 49.8 Å². The van der Waals surface area contributed by atoms with Crippen molar-refractivity contribution in [1.82, 2.24) is 5.32 Å². The molecule has 0 fully saturated rings. The topological polar surface area (TPSA) is 117 Å². The van der Waals surface area contributed by atoms with Crippen LogP contribution in [-0.4, -0.2) is 59.8 Å². The summed E-state index contributed by atoms with van der Waals surface area (Å²) < 4.78 is 12.4. The van der Waals surface area contributed by atoms with Crippen molar-refractivity contribution in [2.24, 2.45) is 5.92 Å². The van der Waals surface area contributed by atoms with Crippen molar-refractivity contribution in [3.05, 3.63) is 72.3 Å². The number of ether oxygens (including phenoxy) is 2. The average Bonchev–Trinajstić information content (AvgIpc) is 2.91. The molecule has 0 radical (unpaired) electrons. The van der Waals surface area contributed by atoms with Crippen LogP contribution >= 0.6 is 0 Å². The summed E-state index contributed by atoms with van der Waals surface area (Å²) in [6.45, 7) is 4.35. The molecule has 1 unspecified atom stereocenters. The second-order valence-electron chi connectivity index (χ2n) is 9.66. The Kier molecular flexibility index (Phi) is 7.27. The third-order valence-electron chi connectivity index (χ3n) is 6.36. The molecule has 0 bridgehead atoms. The van der Waals surface area contributed by atoms with E-state index in [0.717, 1.165) is 10.5 Å². The molecule has 5 amide bonds. The van der Waals surface area contributed by atoms with E-state index in [2.05, 4.69) is 10.6 Å². The van der Waals surface area contributed by atoms with Gasteiger partial charge in [0, 0.05) is 17.8 Å². The smallest absolute Gasteiger partial charge is 0.486 e. The predicted octanol–water partition coefficient (Wildman–Crippen LogP) is 2.83. The average molecular weight is 530 g/mol. The van der Waals surface area contributed by atoms with E-state index in [1.54, 1.807) is 66.8 Å². The lowest BCUT2D eigenvalue weighted by molar-refractivity contribution is -0.416. The molecule has 2 heterocycles. The minimum Gasteiger partial charge on any atom is -0.486 e. The third-order valence-corrected chi connectivity index (χ3v) is 6.36. The van der Waals surface area contributed by atoms with Gasteiger partial charge in [0.25, 0.3) is 5.91 Å². The van der Waals surface area contributed by atoms with Crippen LogP contribution < -0.4 is 25.0 Å². The van der Waals surface area contributed by atoms with E-state index in [1.807, 2.05) is 13.8 Å². The molecule has 0 spiro atoms. The van der Waals surface area contributed by atoms with Crippen LogP contribution in [0.4, 0.5) is 16.2 Å². The summed E-state index contributed by atoms with van der Waals surface area (Å²) in [5, 5.41) is 5.63. The van der Waals surface area contributed by atoms with E-state index in [1.165, 1.54) is 4.58 Å². The van der Waals surface area contributed by atoms with Crippen molar-refractivity contribution in [3.8, 4) is 11.5 Å². The van der Waals surface area contributed by atoms with Crippen LogP contribution in [0.5, 0.6) is 11.5 Å². The number of nitrogens with one attached hydrogen (secondary N) is 2. The van der Waals surface area contributed by atoms with E-state index in [4.69, 9.17) is 9.47 Å². The standard InChI is InChI=1S/C29H28N4O6/c1-18(2)30-26(34)15-19-7-10-21(11-8-19)33-28(36)22-5-3-4-6-23(22)32(29(33)37)17-27(35)31-20-9-12-24-25(16-20)39-14-13-38-24/h3-12,16,18,22H,13-15,17H2,1-2H3,(H-,30,31,34,35)/p+1. The highest BCUT2D eigenvalue weighted by molar-refractivity contribution is 6.26. The molecule has 5 rings (SSSR count). The van der Waals surface area contributed by atoms with Crippen molar-refractivity contribution >= 4 is 40.8 Å². The number of rotatable bonds is 7. The summed E-state index contributed by atoms with van der Waals surface area (Å²) in [5.41, 5.74) is 2.04. The molecule has 0 saturated heterocycles. The first-order chi connectivity index (χ1) is 18.8. The zero-order valence-corrected chi connectivity index (χ0v) is 21.7. The number of carbonyl (C=O) groups excluding carboxylic acids is 4. The SMILES string of the molecule is CC(C)NC(=O)Cc1ccc(N2C(=O)C3C=CC=CC3=[N+](CC(=O)Nc3ccc4c(c3)OCCO4)C2=O)cc1. The first kappa shape index (κ1) is 25.9. The molecular weight excluding hydrogens is 500 g/mol. The monoisotopic (exact) mass is 529 g/mol. The van der Waals surface area contributed by atoms with Gasteiger partial charge < -0.3 is 20.1 Å². The minimum absolute atomic E-state index is 0.0289. The number of hydrogen-bond donors (Lipinski definition) is 2. The number of anilines is 2. The summed E-state index contributed by atoms with van der Waals surface area (Å²) in [7, 11) is 0. The van der Waals surface area contributed by atoms with Crippen molar-refractivity contribution in [2.45, 2.75) is 26.3 Å². The number of fused-ring (bicyclic) bond motifs is 2. The van der Waals surface area contributed by atoms with Gasteiger partial charge in [0.2, 0.25) is 5.91 Å². The fourth-order valence-corrected chi connectivity index (χ4v) is 4.65. The summed E-state index contributed by atoms with van der Waals surface area (Å²) in [5.74, 6) is -0.546. The van der Waals surface area contributed by atoms with E-state index >= 15 is 0 Å². The molecule has 0 aromatic heterocycles. The zero-order chi connectivity index (χ0) is 27.5. The Morgan fingerprint density at radius 2 is 1.74 bits per heavy atom. The normalized spacial score (nSPS) is 17.8. The lowest BCUT2D eigenvalue weighted by Crippen LogP contribution is -2.56. The van der Waals surface area contributed by atoms with Crippen LogP contribution in [0.1, 0.15) is 19.4 Å². The Balaban J connectivity index is 1.36. The molecule has 3 aliphatic rings. The summed E-state index contributed by atoms with van der Waals surface area (Å²) in [4.78, 5) is 53.3. The minimum atomic E-state index is -0.716. The lowest BCUT2D eigenvalue weighted by Gasteiger charge is -2.26. The largest absolute Gasteiger partial charge is 0.506 e. The molecule has 200 valence electrons. The number of allylic oxidation sites excluding steroid dienone is 3. The molecule has 2 aromatic carbocycles. The fourth-order valence-electron chi connectivity index (χ4n) is 4.65. The van der Waals surface area contributed by atoms with Gasteiger partial charge in [0.15, 0.2) is 18.0 Å². The molecule has 1 atom stereocenters. The van der Waals surface area contributed by atoms with E-state index < -0.39 is 23.8 Å². The third kappa shape index (κ3) is 5.59. The Labute approximate surface area is 225 Å². The number of carbonyl (C=O) groups is 4. The van der Waals surface area contributed by atoms with Gasteiger partial charge in [-0.2, -0.15) is 9.37 Å². The van der Waals surface area contributed by atoms with Gasteiger partial charge in [-0.3, -0.25) is 9.59 Å². The number of benzene rings is 2. The van der Waals surface area contributed by atoms with Crippen LogP contribution in [0.15, 0.2) is 66.8 Å². The number of urea groups is 1. The second kappa shape index (κ2) is 10.9. The van der Waals surface area contributed by atoms with Crippen LogP contribution in [0.2, 0.25) is 0 Å². The molecule has 2 aromatic rings. The van der Waals surface area contributed by atoms with Crippen LogP contribution in [0.25, 0.3) is 0 Å². The number of amides is 5. The van der Waals surface area contributed by atoms with Crippen molar-refractivity contribution in [3.63, 3.8) is 0 Å². The van der Waals surface area contributed by atoms with E-state index in [9.17, 15) is 19.2 Å². The molecule has 0 saturated carbocycles. The number of hydrogen-bond acceptors (Lipinski definition) is 6. The molecule has 2 N–H and O–H groups in total. The van der Waals surface area contributed by atoms with Gasteiger partial charge in [-0.25, -0.2) is 4.79 Å². The zero-order valence-electron chi connectivity index (χ0n) is 21.7. The lowest BCUT2D eigenvalue weighted by atomic mass is 9.94. The number of imide groups is 1. The van der Waals surface area contributed by atoms with Gasteiger partial charge in [-0.1, -0.05) is 30.4 Å². The molecular formula is C29H29N4O6+. The van der Waals surface area contributed by atoms with Crippen molar-refractivity contribution in [2.75, 3.05) is 30.0 Å². The number of nitrogens with zero attached hydrogens (tertiary/aromatic N) is 2. The molecule has 10 nitrogen and oxygen atoms in total. The summed E-state index contributed by atoms with van der Waals surface area (Å²) >= 11 is 0. The first-order valence-electron chi connectivity index (χ1n) is 12.7. The quantitative estimate of drug-likeness (QED) is 0.533. The summed E-state index contributed by atoms with van der Waals surface area (Å²) in [6.07, 6.45) is 7.02. The van der Waals surface area contributed by atoms with Gasteiger partial charge in [0.05, 0.1) is 6.42 Å². The molecule has 1 aliphatic carbocycles. The van der Waals surface area contributed by atoms with Crippen molar-refractivity contribution < 1.29 is 33.2 Å². The molecule has 39 heavy (non-hydrogen) atoms. The Hall–Kier alpha value is -4.73. The highest BCUT2D eigenvalue weighted by Crippen LogP contribution is 2.32. The second-order valence-corrected chi connectivity index (χ2v) is 9.66. The highest BCUT2D eigenvalue weighted by atomic mass is 16.6. The van der Waals surface area contributed by atoms with Gasteiger partial charge in [-0.15, -0.1) is 4.90 Å².